The number of rotatable bonds is 4. The molecule has 1 aliphatic rings. The summed E-state index contributed by atoms with van der Waals surface area (Å²) in [4.78, 5) is 19.6. The van der Waals surface area contributed by atoms with Crippen molar-refractivity contribution in [2.75, 3.05) is 6.54 Å². The van der Waals surface area contributed by atoms with Gasteiger partial charge in [0.05, 0.1) is 11.7 Å². The molecule has 0 spiro atoms. The van der Waals surface area contributed by atoms with Crippen molar-refractivity contribution in [1.82, 2.24) is 19.7 Å². The lowest BCUT2D eigenvalue weighted by atomic mass is 9.95. The van der Waals surface area contributed by atoms with Gasteiger partial charge in [0.2, 0.25) is 5.91 Å². The Kier molecular flexibility index (Phi) is 5.04. The normalized spacial score (nSPS) is 19.5. The SMILES string of the molecule is Cc1nn(C)c(C)c1C[C@@H](C)C(=O)N1CCCC[C@@H]1c1nccs1. The third-order valence-corrected chi connectivity index (χ3v) is 5.99. The molecule has 0 unspecified atom stereocenters. The Morgan fingerprint density at radius 1 is 1.42 bits per heavy atom. The van der Waals surface area contributed by atoms with E-state index in [2.05, 4.69) is 21.9 Å². The second-order valence-electron chi connectivity index (χ2n) is 6.79. The molecule has 1 fully saturated rings. The quantitative estimate of drug-likeness (QED) is 0.852. The molecule has 0 bridgehead atoms. The molecule has 0 saturated carbocycles. The van der Waals surface area contributed by atoms with Crippen molar-refractivity contribution in [3.05, 3.63) is 33.5 Å². The zero-order chi connectivity index (χ0) is 17.3. The van der Waals surface area contributed by atoms with Gasteiger partial charge in [0.25, 0.3) is 0 Å². The van der Waals surface area contributed by atoms with Crippen LogP contribution in [0, 0.1) is 19.8 Å². The average Bonchev–Trinajstić information content (AvgIpc) is 3.19. The highest BCUT2D eigenvalue weighted by Crippen LogP contribution is 2.33. The fraction of sp³-hybridized carbons (Fsp3) is 0.611. The first-order chi connectivity index (χ1) is 11.5. The summed E-state index contributed by atoms with van der Waals surface area (Å²) < 4.78 is 1.90. The van der Waals surface area contributed by atoms with Crippen LogP contribution in [0.2, 0.25) is 0 Å². The van der Waals surface area contributed by atoms with Gasteiger partial charge >= 0.3 is 0 Å². The van der Waals surface area contributed by atoms with Crippen LogP contribution >= 0.6 is 11.3 Å². The van der Waals surface area contributed by atoms with E-state index in [1.54, 1.807) is 11.3 Å². The van der Waals surface area contributed by atoms with Crippen LogP contribution in [-0.2, 0) is 18.3 Å². The Morgan fingerprint density at radius 2 is 2.21 bits per heavy atom. The van der Waals surface area contributed by atoms with Crippen LogP contribution in [0.5, 0.6) is 0 Å². The number of hydrogen-bond donors (Lipinski definition) is 0. The van der Waals surface area contributed by atoms with Crippen molar-refractivity contribution in [2.24, 2.45) is 13.0 Å². The lowest BCUT2D eigenvalue weighted by Gasteiger charge is -2.36. The maximum absolute atomic E-state index is 13.1. The summed E-state index contributed by atoms with van der Waals surface area (Å²) in [5, 5.41) is 7.55. The van der Waals surface area contributed by atoms with E-state index in [1.807, 2.05) is 37.2 Å². The minimum absolute atomic E-state index is 0.0350. The van der Waals surface area contributed by atoms with Gasteiger partial charge in [-0.3, -0.25) is 9.48 Å². The van der Waals surface area contributed by atoms with Crippen LogP contribution in [0.4, 0.5) is 0 Å². The number of carbonyl (C=O) groups excluding carboxylic acids is 1. The monoisotopic (exact) mass is 346 g/mol. The van der Waals surface area contributed by atoms with Crippen LogP contribution in [0.3, 0.4) is 0 Å². The second-order valence-corrected chi connectivity index (χ2v) is 7.72. The summed E-state index contributed by atoms with van der Waals surface area (Å²) in [6.07, 6.45) is 5.87. The number of piperidine rings is 1. The van der Waals surface area contributed by atoms with E-state index in [9.17, 15) is 4.79 Å². The van der Waals surface area contributed by atoms with Crippen molar-refractivity contribution in [2.45, 2.75) is 52.5 Å². The number of aryl methyl sites for hydroxylation is 2. The largest absolute Gasteiger partial charge is 0.333 e. The molecule has 130 valence electrons. The Hall–Kier alpha value is -1.69. The molecular weight excluding hydrogens is 320 g/mol. The van der Waals surface area contributed by atoms with Crippen LogP contribution < -0.4 is 0 Å². The fourth-order valence-electron chi connectivity index (χ4n) is 3.64. The minimum Gasteiger partial charge on any atom is -0.333 e. The topological polar surface area (TPSA) is 51.0 Å². The van der Waals surface area contributed by atoms with Crippen molar-refractivity contribution in [3.8, 4) is 0 Å². The van der Waals surface area contributed by atoms with Gasteiger partial charge in [0, 0.05) is 36.8 Å². The van der Waals surface area contributed by atoms with Gasteiger partial charge < -0.3 is 4.90 Å². The molecule has 2 aromatic heterocycles. The summed E-state index contributed by atoms with van der Waals surface area (Å²) in [5.41, 5.74) is 3.40. The average molecular weight is 346 g/mol. The van der Waals surface area contributed by atoms with Gasteiger partial charge in [-0.05, 0) is 45.1 Å². The molecular formula is C18H26N4OS. The van der Waals surface area contributed by atoms with Gasteiger partial charge in [0.1, 0.15) is 5.01 Å². The minimum atomic E-state index is -0.0350. The zero-order valence-corrected chi connectivity index (χ0v) is 15.8. The molecule has 2 atom stereocenters. The van der Waals surface area contributed by atoms with Crippen LogP contribution in [0.25, 0.3) is 0 Å². The van der Waals surface area contributed by atoms with E-state index in [0.717, 1.165) is 42.2 Å². The zero-order valence-electron chi connectivity index (χ0n) is 15.0. The smallest absolute Gasteiger partial charge is 0.226 e. The second kappa shape index (κ2) is 7.05. The number of likely N-dealkylation sites (tertiary alicyclic amines) is 1. The first kappa shape index (κ1) is 17.1. The maximum atomic E-state index is 13.1. The molecule has 24 heavy (non-hydrogen) atoms. The Labute approximate surface area is 147 Å². The van der Waals surface area contributed by atoms with Gasteiger partial charge in [-0.25, -0.2) is 4.98 Å². The molecule has 0 aliphatic carbocycles. The summed E-state index contributed by atoms with van der Waals surface area (Å²) in [6, 6.07) is 0.157. The number of carbonyl (C=O) groups is 1. The highest BCUT2D eigenvalue weighted by Gasteiger charge is 2.32. The van der Waals surface area contributed by atoms with Gasteiger partial charge in [-0.15, -0.1) is 11.3 Å². The molecule has 6 heteroatoms. The van der Waals surface area contributed by atoms with Crippen molar-refractivity contribution < 1.29 is 4.79 Å². The van der Waals surface area contributed by atoms with Gasteiger partial charge in [-0.1, -0.05) is 6.92 Å². The molecule has 0 N–H and O–H groups in total. The first-order valence-corrected chi connectivity index (χ1v) is 9.56. The number of nitrogens with zero attached hydrogens (tertiary/aromatic N) is 4. The van der Waals surface area contributed by atoms with E-state index >= 15 is 0 Å². The predicted molar refractivity (Wildman–Crippen MR) is 96.0 cm³/mol. The number of amides is 1. The summed E-state index contributed by atoms with van der Waals surface area (Å²) >= 11 is 1.66. The Bertz CT molecular complexity index is 707. The molecule has 3 rings (SSSR count). The van der Waals surface area contributed by atoms with E-state index < -0.39 is 0 Å². The fourth-order valence-corrected chi connectivity index (χ4v) is 4.43. The molecule has 5 nitrogen and oxygen atoms in total. The van der Waals surface area contributed by atoms with Crippen LogP contribution in [0.15, 0.2) is 11.6 Å². The number of hydrogen-bond acceptors (Lipinski definition) is 4. The lowest BCUT2D eigenvalue weighted by Crippen LogP contribution is -2.41. The van der Waals surface area contributed by atoms with Crippen molar-refractivity contribution >= 4 is 17.2 Å². The number of aromatic nitrogens is 3. The van der Waals surface area contributed by atoms with E-state index in [0.29, 0.717) is 0 Å². The third-order valence-electron chi connectivity index (χ3n) is 5.11. The third kappa shape index (κ3) is 3.24. The van der Waals surface area contributed by atoms with Crippen molar-refractivity contribution in [3.63, 3.8) is 0 Å². The summed E-state index contributed by atoms with van der Waals surface area (Å²) in [6.45, 7) is 6.99. The molecule has 0 aromatic carbocycles. The van der Waals surface area contributed by atoms with E-state index in [1.165, 1.54) is 12.0 Å². The molecule has 0 radical (unpaired) electrons. The molecule has 1 amide bonds. The first-order valence-electron chi connectivity index (χ1n) is 8.68. The van der Waals surface area contributed by atoms with Gasteiger partial charge in [-0.2, -0.15) is 5.10 Å². The lowest BCUT2D eigenvalue weighted by molar-refractivity contribution is -0.139. The summed E-state index contributed by atoms with van der Waals surface area (Å²) in [5.74, 6) is 0.213. The molecule has 3 heterocycles. The van der Waals surface area contributed by atoms with Crippen LogP contribution in [0.1, 0.15) is 54.2 Å². The highest BCUT2D eigenvalue weighted by atomic mass is 32.1. The van der Waals surface area contributed by atoms with Gasteiger partial charge in [0.15, 0.2) is 0 Å². The van der Waals surface area contributed by atoms with E-state index in [-0.39, 0.29) is 17.9 Å². The van der Waals surface area contributed by atoms with Crippen LogP contribution in [-0.4, -0.2) is 32.1 Å². The maximum Gasteiger partial charge on any atom is 0.226 e. The molecule has 2 aromatic rings. The Morgan fingerprint density at radius 3 is 2.83 bits per heavy atom. The number of thiazole rings is 1. The molecule has 1 saturated heterocycles. The Balaban J connectivity index is 1.76. The standard InChI is InChI=1S/C18H26N4OS/c1-12(11-15-13(2)20-21(4)14(15)3)18(23)22-9-6-5-7-16(22)17-19-8-10-24-17/h8,10,12,16H,5-7,9,11H2,1-4H3/t12-,16-/m1/s1. The van der Waals surface area contributed by atoms with E-state index in [4.69, 9.17) is 0 Å². The summed E-state index contributed by atoms with van der Waals surface area (Å²) in [7, 11) is 1.96. The van der Waals surface area contributed by atoms with Crippen molar-refractivity contribution in [1.29, 1.82) is 0 Å². The predicted octanol–water partition coefficient (Wildman–Crippen LogP) is 3.43. The highest BCUT2D eigenvalue weighted by molar-refractivity contribution is 7.09. The molecule has 1 aliphatic heterocycles.